The SMILES string of the molecule is CO[C@@H]1CC(=O)[C@@H]2[C@@H]3[C@@H]4CC[C@@]5(CC[C@@H](Cc6cccc(NC[C@H](C)O)c6)C5)[C@]3(C)[C@@](C)(C4)[C@]21O. The number of aliphatic hydroxyl groups excluding tert-OH is 1. The largest absolute Gasteiger partial charge is 0.392 e. The van der Waals surface area contributed by atoms with E-state index in [2.05, 4.69) is 43.4 Å². The first-order valence-corrected chi connectivity index (χ1v) is 13.9. The highest BCUT2D eigenvalue weighted by Gasteiger charge is 2.87. The van der Waals surface area contributed by atoms with Crippen molar-refractivity contribution in [1.82, 2.24) is 0 Å². The smallest absolute Gasteiger partial charge is 0.141 e. The molecule has 0 aliphatic heterocycles. The molecule has 6 rings (SSSR count). The van der Waals surface area contributed by atoms with Crippen LogP contribution >= 0.6 is 0 Å². The fourth-order valence-corrected chi connectivity index (χ4v) is 10.7. The molecule has 192 valence electrons. The summed E-state index contributed by atoms with van der Waals surface area (Å²) in [6.45, 7) is 7.15. The normalized spacial score (nSPS) is 48.5. The van der Waals surface area contributed by atoms with Crippen molar-refractivity contribution < 1.29 is 19.7 Å². The third kappa shape index (κ3) is 2.89. The lowest BCUT2D eigenvalue weighted by atomic mass is 9.48. The van der Waals surface area contributed by atoms with Gasteiger partial charge in [0.15, 0.2) is 0 Å². The molecule has 0 unspecified atom stereocenters. The van der Waals surface area contributed by atoms with E-state index < -0.39 is 5.60 Å². The van der Waals surface area contributed by atoms with E-state index in [0.29, 0.717) is 30.7 Å². The standard InChI is InChI=1S/C30H43NO4/c1-18(32)17-31-22-7-5-6-19(13-22)12-20-8-10-29(15-20)11-9-21-16-27(2)28(29,3)25(21)26-23(33)14-24(35-4)30(26,27)34/h5-7,13,18,20-21,24-26,31-32,34H,8-12,14-17H2,1-4H3/t18-,20-,21+,24+,25-,26+,27+,28-,29+,30+/m0/s1. The van der Waals surface area contributed by atoms with E-state index in [-0.39, 0.29) is 40.2 Å². The van der Waals surface area contributed by atoms with Crippen molar-refractivity contribution in [2.75, 3.05) is 19.0 Å². The Hall–Kier alpha value is -1.43. The fourth-order valence-electron chi connectivity index (χ4n) is 10.7. The maximum Gasteiger partial charge on any atom is 0.141 e. The second-order valence-electron chi connectivity index (χ2n) is 13.3. The minimum absolute atomic E-state index is 0.0232. The van der Waals surface area contributed by atoms with Crippen molar-refractivity contribution in [3.63, 3.8) is 0 Å². The zero-order valence-corrected chi connectivity index (χ0v) is 21.8. The number of fused-ring (bicyclic) bond motifs is 2. The van der Waals surface area contributed by atoms with E-state index in [1.807, 2.05) is 0 Å². The topological polar surface area (TPSA) is 78.8 Å². The number of carbonyl (C=O) groups excluding carboxylic acids is 1. The second kappa shape index (κ2) is 7.79. The number of benzene rings is 1. The molecule has 5 nitrogen and oxygen atoms in total. The van der Waals surface area contributed by atoms with Crippen molar-refractivity contribution in [1.29, 1.82) is 0 Å². The monoisotopic (exact) mass is 481 g/mol. The maximum atomic E-state index is 13.3. The van der Waals surface area contributed by atoms with E-state index >= 15 is 0 Å². The number of aliphatic hydroxyl groups is 2. The van der Waals surface area contributed by atoms with Crippen molar-refractivity contribution in [2.24, 2.45) is 39.9 Å². The molecule has 10 atom stereocenters. The Morgan fingerprint density at radius 2 is 1.97 bits per heavy atom. The van der Waals surface area contributed by atoms with E-state index in [1.165, 1.54) is 37.7 Å². The second-order valence-corrected chi connectivity index (χ2v) is 13.3. The first kappa shape index (κ1) is 23.9. The van der Waals surface area contributed by atoms with Crippen LogP contribution < -0.4 is 5.32 Å². The van der Waals surface area contributed by atoms with Crippen molar-refractivity contribution in [3.8, 4) is 0 Å². The first-order valence-electron chi connectivity index (χ1n) is 13.9. The van der Waals surface area contributed by atoms with Crippen LogP contribution in [-0.2, 0) is 16.0 Å². The summed E-state index contributed by atoms with van der Waals surface area (Å²) < 4.78 is 5.81. The van der Waals surface area contributed by atoms with Gasteiger partial charge in [-0.25, -0.2) is 0 Å². The summed E-state index contributed by atoms with van der Waals surface area (Å²) >= 11 is 0. The predicted octanol–water partition coefficient (Wildman–Crippen LogP) is 4.60. The number of anilines is 1. The average molecular weight is 482 g/mol. The Labute approximate surface area is 210 Å². The highest BCUT2D eigenvalue weighted by Crippen LogP contribution is 2.85. The van der Waals surface area contributed by atoms with Crippen LogP contribution in [0.2, 0.25) is 0 Å². The van der Waals surface area contributed by atoms with E-state index in [1.54, 1.807) is 14.0 Å². The molecule has 0 heterocycles. The molecule has 0 aromatic heterocycles. The van der Waals surface area contributed by atoms with E-state index in [9.17, 15) is 15.0 Å². The zero-order valence-electron chi connectivity index (χ0n) is 21.8. The molecule has 0 radical (unpaired) electrons. The lowest BCUT2D eigenvalue weighted by Crippen LogP contribution is -2.58. The number of nitrogens with one attached hydrogen (secondary N) is 1. The van der Waals surface area contributed by atoms with Crippen LogP contribution in [0.3, 0.4) is 0 Å². The molecule has 1 spiro atoms. The molecular formula is C30H43NO4. The number of carbonyl (C=O) groups is 1. The lowest BCUT2D eigenvalue weighted by molar-refractivity contribution is -0.186. The van der Waals surface area contributed by atoms with Gasteiger partial charge in [-0.1, -0.05) is 26.0 Å². The molecule has 3 N–H and O–H groups in total. The van der Waals surface area contributed by atoms with Crippen LogP contribution in [-0.4, -0.2) is 47.5 Å². The molecule has 5 heteroatoms. The minimum Gasteiger partial charge on any atom is -0.392 e. The molecule has 35 heavy (non-hydrogen) atoms. The number of methoxy groups -OCH3 is 1. The van der Waals surface area contributed by atoms with Crippen molar-refractivity contribution in [2.45, 2.75) is 89.9 Å². The summed E-state index contributed by atoms with van der Waals surface area (Å²) in [7, 11) is 1.67. The molecule has 1 aromatic rings. The molecule has 5 saturated carbocycles. The van der Waals surface area contributed by atoms with Crippen LogP contribution in [0.25, 0.3) is 0 Å². The van der Waals surface area contributed by atoms with Crippen molar-refractivity contribution >= 4 is 11.5 Å². The molecule has 5 fully saturated rings. The van der Waals surface area contributed by atoms with E-state index in [0.717, 1.165) is 18.5 Å². The quantitative estimate of drug-likeness (QED) is 0.554. The van der Waals surface area contributed by atoms with Gasteiger partial charge in [0, 0.05) is 31.2 Å². The number of Topliss-reactive ketones (excluding diaryl/α,β-unsaturated/α-hetero) is 1. The molecule has 5 aliphatic rings. The number of ketones is 1. The summed E-state index contributed by atoms with van der Waals surface area (Å²) in [6.07, 6.45) is 7.83. The minimum atomic E-state index is -1.02. The number of rotatable bonds is 6. The van der Waals surface area contributed by atoms with Crippen LogP contribution in [0.4, 0.5) is 5.69 Å². The van der Waals surface area contributed by atoms with Gasteiger partial charge in [-0.15, -0.1) is 0 Å². The summed E-state index contributed by atoms with van der Waals surface area (Å²) in [6, 6.07) is 8.65. The fraction of sp³-hybridized carbons (Fsp3) is 0.767. The van der Waals surface area contributed by atoms with E-state index in [4.69, 9.17) is 4.74 Å². The number of hydrogen-bond acceptors (Lipinski definition) is 5. The first-order chi connectivity index (χ1) is 16.6. The molecular weight excluding hydrogens is 438 g/mol. The number of ether oxygens (including phenoxy) is 1. The molecule has 5 aliphatic carbocycles. The van der Waals surface area contributed by atoms with Gasteiger partial charge in [0.2, 0.25) is 0 Å². The highest BCUT2D eigenvalue weighted by atomic mass is 16.5. The van der Waals surface area contributed by atoms with Gasteiger partial charge in [0.05, 0.1) is 18.1 Å². The van der Waals surface area contributed by atoms with Gasteiger partial charge in [0.1, 0.15) is 11.4 Å². The van der Waals surface area contributed by atoms with Gasteiger partial charge < -0.3 is 20.3 Å². The molecule has 4 bridgehead atoms. The lowest BCUT2D eigenvalue weighted by Gasteiger charge is -2.57. The van der Waals surface area contributed by atoms with Gasteiger partial charge in [-0.2, -0.15) is 0 Å². The molecule has 0 amide bonds. The summed E-state index contributed by atoms with van der Waals surface area (Å²) in [5, 5.41) is 25.3. The van der Waals surface area contributed by atoms with Gasteiger partial charge in [-0.05, 0) is 98.1 Å². The predicted molar refractivity (Wildman–Crippen MR) is 136 cm³/mol. The van der Waals surface area contributed by atoms with Gasteiger partial charge in [0.25, 0.3) is 0 Å². The Kier molecular flexibility index (Phi) is 5.33. The molecule has 0 saturated heterocycles. The molecule has 1 aromatic carbocycles. The third-order valence-corrected chi connectivity index (χ3v) is 12.1. The average Bonchev–Trinajstić information content (AvgIpc) is 3.44. The summed E-state index contributed by atoms with van der Waals surface area (Å²) in [5.41, 5.74) is 1.31. The Bertz CT molecular complexity index is 1030. The third-order valence-electron chi connectivity index (χ3n) is 12.1. The highest BCUT2D eigenvalue weighted by molar-refractivity contribution is 5.88. The van der Waals surface area contributed by atoms with Gasteiger partial charge >= 0.3 is 0 Å². The Morgan fingerprint density at radius 1 is 1.20 bits per heavy atom. The van der Waals surface area contributed by atoms with Crippen LogP contribution in [0.5, 0.6) is 0 Å². The maximum absolute atomic E-state index is 13.3. The summed E-state index contributed by atoms with van der Waals surface area (Å²) in [5.74, 6) is 1.50. The van der Waals surface area contributed by atoms with Crippen LogP contribution in [0.1, 0.15) is 71.3 Å². The number of hydrogen-bond donors (Lipinski definition) is 3. The summed E-state index contributed by atoms with van der Waals surface area (Å²) in [4.78, 5) is 13.3. The Morgan fingerprint density at radius 3 is 2.71 bits per heavy atom. The zero-order chi connectivity index (χ0) is 24.8. The van der Waals surface area contributed by atoms with Crippen LogP contribution in [0, 0.1) is 39.9 Å². The van der Waals surface area contributed by atoms with Crippen LogP contribution in [0.15, 0.2) is 24.3 Å². The van der Waals surface area contributed by atoms with Gasteiger partial charge in [-0.3, -0.25) is 4.79 Å². The Balaban J connectivity index is 1.28. The van der Waals surface area contributed by atoms with Crippen molar-refractivity contribution in [3.05, 3.63) is 29.8 Å².